The number of rotatable bonds is 7. The Morgan fingerprint density at radius 3 is 2.45 bits per heavy atom. The number of likely N-dealkylation sites (N-methyl/N-ethyl adjacent to an activating group) is 1. The maximum absolute atomic E-state index is 10.9. The molecule has 0 fully saturated rings. The molecular formula is C15H23BrN2O2. The molecule has 0 bridgehead atoms. The summed E-state index contributed by atoms with van der Waals surface area (Å²) < 4.78 is 6.54. The van der Waals surface area contributed by atoms with E-state index in [1.165, 1.54) is 6.92 Å². The number of amides is 1. The van der Waals surface area contributed by atoms with E-state index in [-0.39, 0.29) is 22.9 Å². The molecule has 1 N–H and O–H groups in total. The van der Waals surface area contributed by atoms with Crippen molar-refractivity contribution in [3.63, 3.8) is 0 Å². The highest BCUT2D eigenvalue weighted by Gasteiger charge is 2.12. The van der Waals surface area contributed by atoms with Gasteiger partial charge in [0.15, 0.2) is 0 Å². The van der Waals surface area contributed by atoms with Gasteiger partial charge in [-0.2, -0.15) is 0 Å². The highest BCUT2D eigenvalue weighted by Crippen LogP contribution is 2.15. The van der Waals surface area contributed by atoms with Gasteiger partial charge in [-0.05, 0) is 30.3 Å². The molecule has 0 spiro atoms. The van der Waals surface area contributed by atoms with E-state index in [9.17, 15) is 4.79 Å². The molecule has 0 radical (unpaired) electrons. The molecule has 1 aromatic carbocycles. The minimum absolute atomic E-state index is 0. The van der Waals surface area contributed by atoms with E-state index < -0.39 is 0 Å². The number of anilines is 1. The molecule has 1 amide bonds. The lowest BCUT2D eigenvalue weighted by Gasteiger charge is -2.28. The Morgan fingerprint density at radius 2 is 1.95 bits per heavy atom. The summed E-state index contributed by atoms with van der Waals surface area (Å²) >= 11 is 0. The smallest absolute Gasteiger partial charge is 0.221 e. The fourth-order valence-electron chi connectivity index (χ4n) is 1.69. The number of nitrogens with one attached hydrogen (secondary N) is 1. The SMILES string of the molecule is C=CC[N+](C)(C)CCOc1ccc(NC(C)=O)cc1.[Br-]. The average molecular weight is 343 g/mol. The van der Waals surface area contributed by atoms with Crippen LogP contribution in [0.1, 0.15) is 6.92 Å². The second-order valence-corrected chi connectivity index (χ2v) is 5.18. The van der Waals surface area contributed by atoms with Gasteiger partial charge in [0.2, 0.25) is 5.91 Å². The molecule has 1 rings (SSSR count). The predicted octanol–water partition coefficient (Wildman–Crippen LogP) is -0.710. The van der Waals surface area contributed by atoms with Crippen molar-refractivity contribution in [1.82, 2.24) is 0 Å². The van der Waals surface area contributed by atoms with Gasteiger partial charge >= 0.3 is 0 Å². The van der Waals surface area contributed by atoms with E-state index in [1.807, 2.05) is 30.3 Å². The molecule has 0 aliphatic heterocycles. The predicted molar refractivity (Wildman–Crippen MR) is 78.3 cm³/mol. The zero-order chi connectivity index (χ0) is 14.3. The highest BCUT2D eigenvalue weighted by molar-refractivity contribution is 5.88. The maximum atomic E-state index is 10.9. The fraction of sp³-hybridized carbons (Fsp3) is 0.400. The summed E-state index contributed by atoms with van der Waals surface area (Å²) in [6.07, 6.45) is 1.92. The molecule has 112 valence electrons. The van der Waals surface area contributed by atoms with Crippen molar-refractivity contribution in [2.24, 2.45) is 0 Å². The van der Waals surface area contributed by atoms with Crippen LogP contribution in [-0.4, -0.2) is 44.2 Å². The molecule has 0 saturated carbocycles. The number of halogens is 1. The second kappa shape index (κ2) is 8.76. The van der Waals surface area contributed by atoms with Crippen LogP contribution in [0.4, 0.5) is 5.69 Å². The molecule has 0 heterocycles. The highest BCUT2D eigenvalue weighted by atomic mass is 79.9. The number of benzene rings is 1. The minimum atomic E-state index is -0.0721. The van der Waals surface area contributed by atoms with Crippen molar-refractivity contribution in [3.05, 3.63) is 36.9 Å². The van der Waals surface area contributed by atoms with Crippen molar-refractivity contribution < 1.29 is 31.0 Å². The largest absolute Gasteiger partial charge is 1.00 e. The van der Waals surface area contributed by atoms with Gasteiger partial charge in [0.1, 0.15) is 18.9 Å². The molecule has 20 heavy (non-hydrogen) atoms. The number of quaternary nitrogens is 1. The van der Waals surface area contributed by atoms with Crippen LogP contribution < -0.4 is 27.0 Å². The quantitative estimate of drug-likeness (QED) is 0.525. The van der Waals surface area contributed by atoms with Crippen LogP contribution in [0.15, 0.2) is 36.9 Å². The van der Waals surface area contributed by atoms with Crippen LogP contribution in [0.5, 0.6) is 5.75 Å². The molecule has 0 aliphatic rings. The molecule has 0 saturated heterocycles. The van der Waals surface area contributed by atoms with Crippen LogP contribution in [0.2, 0.25) is 0 Å². The molecule has 0 unspecified atom stereocenters. The van der Waals surface area contributed by atoms with Gasteiger partial charge in [0.05, 0.1) is 20.6 Å². The van der Waals surface area contributed by atoms with Gasteiger partial charge in [-0.1, -0.05) is 6.58 Å². The van der Waals surface area contributed by atoms with Gasteiger partial charge < -0.3 is 31.5 Å². The molecule has 0 aliphatic carbocycles. The Hall–Kier alpha value is -1.33. The van der Waals surface area contributed by atoms with Crippen molar-refractivity contribution in [1.29, 1.82) is 0 Å². The molecule has 0 aromatic heterocycles. The van der Waals surface area contributed by atoms with Gasteiger partial charge in [0.25, 0.3) is 0 Å². The van der Waals surface area contributed by atoms with Crippen LogP contribution in [0.3, 0.4) is 0 Å². The Bertz CT molecular complexity index is 430. The second-order valence-electron chi connectivity index (χ2n) is 5.18. The minimum Gasteiger partial charge on any atom is -1.00 e. The van der Waals surface area contributed by atoms with Crippen molar-refractivity contribution in [2.45, 2.75) is 6.92 Å². The zero-order valence-corrected chi connectivity index (χ0v) is 13.9. The lowest BCUT2D eigenvalue weighted by atomic mass is 10.3. The third-order valence-corrected chi connectivity index (χ3v) is 2.76. The summed E-state index contributed by atoms with van der Waals surface area (Å²) in [6.45, 7) is 7.74. The number of carbonyl (C=O) groups is 1. The van der Waals surface area contributed by atoms with Crippen LogP contribution in [0, 0.1) is 0 Å². The Labute approximate surface area is 131 Å². The maximum Gasteiger partial charge on any atom is 0.221 e. The van der Waals surface area contributed by atoms with Crippen molar-refractivity contribution in [2.75, 3.05) is 39.1 Å². The van der Waals surface area contributed by atoms with Crippen molar-refractivity contribution >= 4 is 11.6 Å². The van der Waals surface area contributed by atoms with E-state index in [0.717, 1.165) is 29.0 Å². The van der Waals surface area contributed by atoms with E-state index in [1.54, 1.807) is 0 Å². The van der Waals surface area contributed by atoms with Gasteiger partial charge in [0, 0.05) is 12.6 Å². The van der Waals surface area contributed by atoms with Gasteiger partial charge in [-0.3, -0.25) is 4.79 Å². The number of hydrogen-bond donors (Lipinski definition) is 1. The third kappa shape index (κ3) is 7.31. The van der Waals surface area contributed by atoms with Gasteiger partial charge in [-0.25, -0.2) is 0 Å². The molecule has 0 atom stereocenters. The summed E-state index contributed by atoms with van der Waals surface area (Å²) in [5.74, 6) is 0.741. The Balaban J connectivity index is 0.00000361. The average Bonchev–Trinajstić information content (AvgIpc) is 2.30. The van der Waals surface area contributed by atoms with Crippen LogP contribution >= 0.6 is 0 Å². The van der Waals surface area contributed by atoms with Crippen molar-refractivity contribution in [3.8, 4) is 5.75 Å². The first-order valence-electron chi connectivity index (χ1n) is 6.36. The van der Waals surface area contributed by atoms with Crippen LogP contribution in [0.25, 0.3) is 0 Å². The molecular weight excluding hydrogens is 320 g/mol. The molecule has 1 aromatic rings. The fourth-order valence-corrected chi connectivity index (χ4v) is 1.69. The van der Waals surface area contributed by atoms with Crippen LogP contribution in [-0.2, 0) is 4.79 Å². The lowest BCUT2D eigenvalue weighted by molar-refractivity contribution is -0.884. The van der Waals surface area contributed by atoms with Gasteiger partial charge in [-0.15, -0.1) is 0 Å². The lowest BCUT2D eigenvalue weighted by Crippen LogP contribution is -3.00. The standard InChI is InChI=1S/C15H22N2O2.BrH/c1-5-10-17(3,4)11-12-19-15-8-6-14(7-9-15)16-13(2)18;/h5-9H,1,10-12H2,2-4H3;1H. The molecule has 5 heteroatoms. The monoisotopic (exact) mass is 342 g/mol. The van der Waals surface area contributed by atoms with E-state index in [4.69, 9.17) is 4.74 Å². The normalized spacial score (nSPS) is 10.3. The summed E-state index contributed by atoms with van der Waals surface area (Å²) in [6, 6.07) is 7.39. The number of nitrogens with zero attached hydrogens (tertiary/aromatic N) is 1. The third-order valence-electron chi connectivity index (χ3n) is 2.76. The summed E-state index contributed by atoms with van der Waals surface area (Å²) in [5.41, 5.74) is 0.780. The first kappa shape index (κ1) is 18.7. The zero-order valence-electron chi connectivity index (χ0n) is 12.4. The van der Waals surface area contributed by atoms with E-state index >= 15 is 0 Å². The summed E-state index contributed by atoms with van der Waals surface area (Å²) in [5, 5.41) is 2.72. The summed E-state index contributed by atoms with van der Waals surface area (Å²) in [4.78, 5) is 10.9. The Morgan fingerprint density at radius 1 is 1.35 bits per heavy atom. The Kier molecular flexibility index (Phi) is 8.18. The first-order chi connectivity index (χ1) is 8.93. The summed E-state index contributed by atoms with van der Waals surface area (Å²) in [7, 11) is 4.29. The first-order valence-corrected chi connectivity index (χ1v) is 6.36. The molecule has 4 nitrogen and oxygen atoms in total. The number of carbonyl (C=O) groups excluding carboxylic acids is 1. The number of hydrogen-bond acceptors (Lipinski definition) is 2. The number of ether oxygens (including phenoxy) is 1. The van der Waals surface area contributed by atoms with E-state index in [2.05, 4.69) is 26.0 Å². The topological polar surface area (TPSA) is 38.3 Å². The van der Waals surface area contributed by atoms with E-state index in [0.29, 0.717) is 6.61 Å².